The van der Waals surface area contributed by atoms with Crippen LogP contribution in [0.1, 0.15) is 23.0 Å². The van der Waals surface area contributed by atoms with Crippen LogP contribution in [-0.2, 0) is 4.74 Å². The van der Waals surface area contributed by atoms with Crippen LogP contribution in [0.2, 0.25) is 5.02 Å². The highest BCUT2D eigenvalue weighted by Crippen LogP contribution is 2.25. The zero-order valence-electron chi connectivity index (χ0n) is 9.61. The Labute approximate surface area is 109 Å². The largest absolute Gasteiger partial charge is 0.461 e. The lowest BCUT2D eigenvalue weighted by Gasteiger charge is -2.05. The first-order valence-corrected chi connectivity index (χ1v) is 5.71. The molecule has 90 valence electrons. The third-order valence-corrected chi connectivity index (χ3v) is 2.71. The molecule has 0 aliphatic rings. The summed E-state index contributed by atoms with van der Waals surface area (Å²) in [4.78, 5) is 15.8. The fourth-order valence-electron chi connectivity index (χ4n) is 1.61. The van der Waals surface area contributed by atoms with Crippen molar-refractivity contribution in [3.05, 3.63) is 40.5 Å². The molecule has 0 aliphatic carbocycles. The third kappa shape index (κ3) is 2.13. The number of ether oxygens (including phenoxy) is 1. The summed E-state index contributed by atoms with van der Waals surface area (Å²) in [6.07, 6.45) is 0. The smallest absolute Gasteiger partial charge is 0.356 e. The number of nitriles is 1. The van der Waals surface area contributed by atoms with E-state index in [1.807, 2.05) is 6.07 Å². The molecule has 18 heavy (non-hydrogen) atoms. The Morgan fingerprint density at radius 1 is 1.56 bits per heavy atom. The van der Waals surface area contributed by atoms with Crippen LogP contribution in [0.25, 0.3) is 10.9 Å². The molecule has 2 aromatic rings. The van der Waals surface area contributed by atoms with Gasteiger partial charge in [0.15, 0.2) is 5.69 Å². The molecule has 0 amide bonds. The first-order chi connectivity index (χ1) is 8.67. The Kier molecular flexibility index (Phi) is 3.45. The molecule has 0 saturated carbocycles. The number of hydrogen-bond acceptors (Lipinski definition) is 4. The van der Waals surface area contributed by atoms with E-state index in [1.165, 1.54) is 6.07 Å². The Morgan fingerprint density at radius 3 is 3.00 bits per heavy atom. The van der Waals surface area contributed by atoms with Gasteiger partial charge in [0, 0.05) is 5.39 Å². The van der Waals surface area contributed by atoms with Crippen LogP contribution >= 0.6 is 11.6 Å². The fraction of sp³-hybridized carbons (Fsp3) is 0.154. The van der Waals surface area contributed by atoms with E-state index >= 15 is 0 Å². The summed E-state index contributed by atoms with van der Waals surface area (Å²) in [7, 11) is 0. The number of rotatable bonds is 2. The van der Waals surface area contributed by atoms with Crippen molar-refractivity contribution in [2.75, 3.05) is 6.61 Å². The standard InChI is InChI=1S/C13H9ClN2O2/c1-2-18-13(17)11-6-10(14)9-5-3-4-8(7-15)12(9)16-11/h3-6H,2H2,1H3. The predicted molar refractivity (Wildman–Crippen MR) is 67.4 cm³/mol. The zero-order valence-corrected chi connectivity index (χ0v) is 10.4. The summed E-state index contributed by atoms with van der Waals surface area (Å²) in [5.41, 5.74) is 0.896. The van der Waals surface area contributed by atoms with Crippen molar-refractivity contribution >= 4 is 28.5 Å². The highest BCUT2D eigenvalue weighted by molar-refractivity contribution is 6.35. The van der Waals surface area contributed by atoms with Crippen LogP contribution in [0, 0.1) is 11.3 Å². The van der Waals surface area contributed by atoms with E-state index in [2.05, 4.69) is 4.98 Å². The molecule has 5 heteroatoms. The molecule has 1 aromatic carbocycles. The minimum Gasteiger partial charge on any atom is -0.461 e. The quantitative estimate of drug-likeness (QED) is 0.779. The van der Waals surface area contributed by atoms with Gasteiger partial charge in [0.2, 0.25) is 0 Å². The molecule has 0 bridgehead atoms. The molecular formula is C13H9ClN2O2. The molecule has 1 heterocycles. The van der Waals surface area contributed by atoms with E-state index in [4.69, 9.17) is 21.6 Å². The van der Waals surface area contributed by atoms with Gasteiger partial charge in [-0.25, -0.2) is 9.78 Å². The van der Waals surface area contributed by atoms with Crippen molar-refractivity contribution in [2.45, 2.75) is 6.92 Å². The number of pyridine rings is 1. The number of esters is 1. The van der Waals surface area contributed by atoms with Gasteiger partial charge in [0.05, 0.1) is 22.7 Å². The van der Waals surface area contributed by atoms with Crippen molar-refractivity contribution in [1.29, 1.82) is 5.26 Å². The second kappa shape index (κ2) is 5.03. The summed E-state index contributed by atoms with van der Waals surface area (Å²) in [6, 6.07) is 8.57. The second-order valence-corrected chi connectivity index (χ2v) is 3.93. The van der Waals surface area contributed by atoms with Gasteiger partial charge in [-0.15, -0.1) is 0 Å². The van der Waals surface area contributed by atoms with Crippen LogP contribution in [0.5, 0.6) is 0 Å². The summed E-state index contributed by atoms with van der Waals surface area (Å²) >= 11 is 6.08. The number of hydrogen-bond donors (Lipinski definition) is 0. The van der Waals surface area contributed by atoms with Gasteiger partial charge < -0.3 is 4.74 Å². The van der Waals surface area contributed by atoms with E-state index in [0.29, 0.717) is 21.5 Å². The number of nitrogens with zero attached hydrogens (tertiary/aromatic N) is 2. The Morgan fingerprint density at radius 2 is 2.33 bits per heavy atom. The molecule has 0 unspecified atom stereocenters. The molecule has 0 spiro atoms. The SMILES string of the molecule is CCOC(=O)c1cc(Cl)c2cccc(C#N)c2n1. The summed E-state index contributed by atoms with van der Waals surface area (Å²) in [5, 5.41) is 10.0. The van der Waals surface area contributed by atoms with Crippen LogP contribution in [0.15, 0.2) is 24.3 Å². The van der Waals surface area contributed by atoms with Gasteiger partial charge >= 0.3 is 5.97 Å². The second-order valence-electron chi connectivity index (χ2n) is 3.52. The number of carbonyl (C=O) groups is 1. The van der Waals surface area contributed by atoms with E-state index in [1.54, 1.807) is 25.1 Å². The maximum absolute atomic E-state index is 11.6. The molecule has 2 rings (SSSR count). The number of aromatic nitrogens is 1. The van der Waals surface area contributed by atoms with Crippen molar-refractivity contribution in [2.24, 2.45) is 0 Å². The Hall–Kier alpha value is -2.12. The van der Waals surface area contributed by atoms with Gasteiger partial charge in [-0.3, -0.25) is 0 Å². The third-order valence-electron chi connectivity index (χ3n) is 2.39. The highest BCUT2D eigenvalue weighted by Gasteiger charge is 2.13. The minimum atomic E-state index is -0.547. The van der Waals surface area contributed by atoms with Gasteiger partial charge in [-0.05, 0) is 19.1 Å². The molecule has 0 N–H and O–H groups in total. The normalized spacial score (nSPS) is 10.1. The van der Waals surface area contributed by atoms with Crippen LogP contribution in [-0.4, -0.2) is 17.6 Å². The fourth-order valence-corrected chi connectivity index (χ4v) is 1.86. The maximum Gasteiger partial charge on any atom is 0.356 e. The first-order valence-electron chi connectivity index (χ1n) is 5.34. The molecule has 0 atom stereocenters. The number of carbonyl (C=O) groups excluding carboxylic acids is 1. The minimum absolute atomic E-state index is 0.108. The van der Waals surface area contributed by atoms with E-state index in [9.17, 15) is 4.79 Å². The molecule has 1 aromatic heterocycles. The summed E-state index contributed by atoms with van der Waals surface area (Å²) in [5.74, 6) is -0.547. The van der Waals surface area contributed by atoms with Crippen molar-refractivity contribution in [3.8, 4) is 6.07 Å². The summed E-state index contributed by atoms with van der Waals surface area (Å²) < 4.78 is 4.86. The monoisotopic (exact) mass is 260 g/mol. The van der Waals surface area contributed by atoms with Crippen molar-refractivity contribution < 1.29 is 9.53 Å². The number of halogens is 1. The Bertz CT molecular complexity index is 662. The van der Waals surface area contributed by atoms with Crippen LogP contribution < -0.4 is 0 Å². The van der Waals surface area contributed by atoms with Crippen LogP contribution in [0.3, 0.4) is 0 Å². The molecule has 0 aliphatic heterocycles. The van der Waals surface area contributed by atoms with Gasteiger partial charge in [0.1, 0.15) is 6.07 Å². The van der Waals surface area contributed by atoms with Crippen LogP contribution in [0.4, 0.5) is 0 Å². The lowest BCUT2D eigenvalue weighted by atomic mass is 10.1. The lowest BCUT2D eigenvalue weighted by molar-refractivity contribution is 0.0520. The van der Waals surface area contributed by atoms with E-state index in [-0.39, 0.29) is 12.3 Å². The molecule has 4 nitrogen and oxygen atoms in total. The molecular weight excluding hydrogens is 252 g/mol. The Balaban J connectivity index is 2.67. The molecule has 0 fully saturated rings. The zero-order chi connectivity index (χ0) is 13.1. The van der Waals surface area contributed by atoms with Gasteiger partial charge in [-0.2, -0.15) is 5.26 Å². The summed E-state index contributed by atoms with van der Waals surface area (Å²) in [6.45, 7) is 1.97. The highest BCUT2D eigenvalue weighted by atomic mass is 35.5. The van der Waals surface area contributed by atoms with Crippen molar-refractivity contribution in [1.82, 2.24) is 4.98 Å². The predicted octanol–water partition coefficient (Wildman–Crippen LogP) is 2.94. The van der Waals surface area contributed by atoms with E-state index in [0.717, 1.165) is 0 Å². The lowest BCUT2D eigenvalue weighted by Crippen LogP contribution is -2.07. The van der Waals surface area contributed by atoms with Gasteiger partial charge in [-0.1, -0.05) is 23.7 Å². The topological polar surface area (TPSA) is 63.0 Å². The average Bonchev–Trinajstić information content (AvgIpc) is 2.38. The average molecular weight is 261 g/mol. The maximum atomic E-state index is 11.6. The first kappa shape index (κ1) is 12.3. The van der Waals surface area contributed by atoms with Crippen molar-refractivity contribution in [3.63, 3.8) is 0 Å². The van der Waals surface area contributed by atoms with Gasteiger partial charge in [0.25, 0.3) is 0 Å². The number of para-hydroxylation sites is 1. The molecule has 0 saturated heterocycles. The molecule has 0 radical (unpaired) electrons. The number of benzene rings is 1. The van der Waals surface area contributed by atoms with E-state index < -0.39 is 5.97 Å². The number of fused-ring (bicyclic) bond motifs is 1.